The monoisotopic (exact) mass is 426 g/mol. The van der Waals surface area contributed by atoms with Crippen LogP contribution >= 0.6 is 0 Å². The average Bonchev–Trinajstić information content (AvgIpc) is 3.04. The third-order valence-electron chi connectivity index (χ3n) is 8.46. The number of hydrogen-bond donors (Lipinski definition) is 0. The molecule has 0 aromatic heterocycles. The van der Waals surface area contributed by atoms with Crippen LogP contribution in [0.3, 0.4) is 0 Å². The lowest BCUT2D eigenvalue weighted by Gasteiger charge is -2.38. The third-order valence-corrected chi connectivity index (χ3v) is 8.46. The van der Waals surface area contributed by atoms with Gasteiger partial charge in [0.2, 0.25) is 0 Å². The topological polar surface area (TPSA) is 12.4 Å². The number of rotatable bonds is 2. The minimum Gasteiger partial charge on any atom is -0.261 e. The normalized spacial score (nSPS) is 20.9. The lowest BCUT2D eigenvalue weighted by molar-refractivity contribution is 0.205. The third kappa shape index (κ3) is 3.17. The summed E-state index contributed by atoms with van der Waals surface area (Å²) in [5, 5.41) is 5.69. The van der Waals surface area contributed by atoms with E-state index in [1.807, 2.05) is 12.3 Å². The summed E-state index contributed by atoms with van der Waals surface area (Å²) in [7, 11) is 0. The molecule has 1 unspecified atom stereocenters. The minimum atomic E-state index is 0.753. The van der Waals surface area contributed by atoms with Crippen molar-refractivity contribution in [2.24, 2.45) is 16.8 Å². The molecule has 1 aliphatic heterocycles. The maximum Gasteiger partial charge on any atom is 0.0485 e. The molecule has 3 aromatic carbocycles. The van der Waals surface area contributed by atoms with Crippen LogP contribution < -0.4 is 10.4 Å². The van der Waals surface area contributed by atoms with Gasteiger partial charge in [0.25, 0.3) is 0 Å². The molecular weight excluding hydrogens is 398 g/mol. The van der Waals surface area contributed by atoms with Crippen LogP contribution in [0.25, 0.3) is 17.7 Å². The molecule has 3 aliphatic carbocycles. The SMILES string of the molecule is [c]1ccc2c(c1)C=CN=C(C1=c3ccc4c(c3CC(C3CCC3)C1)CC=c1ccccc1=4)C2. The highest BCUT2D eigenvalue weighted by molar-refractivity contribution is 6.20. The van der Waals surface area contributed by atoms with Gasteiger partial charge in [-0.25, -0.2) is 0 Å². The lowest BCUT2D eigenvalue weighted by atomic mass is 9.67. The first-order valence-corrected chi connectivity index (χ1v) is 12.5. The Balaban J connectivity index is 1.46. The molecule has 4 aliphatic rings. The number of benzene rings is 3. The van der Waals surface area contributed by atoms with Crippen LogP contribution in [-0.4, -0.2) is 5.71 Å². The first-order valence-electron chi connectivity index (χ1n) is 12.5. The van der Waals surface area contributed by atoms with Crippen LogP contribution in [0.15, 0.2) is 65.8 Å². The summed E-state index contributed by atoms with van der Waals surface area (Å²) in [6.45, 7) is 0. The van der Waals surface area contributed by atoms with E-state index in [0.29, 0.717) is 0 Å². The second kappa shape index (κ2) is 7.70. The molecule has 1 heteroatoms. The molecule has 3 aromatic rings. The highest BCUT2D eigenvalue weighted by atomic mass is 14.7. The van der Waals surface area contributed by atoms with Crippen molar-refractivity contribution in [2.75, 3.05) is 0 Å². The largest absolute Gasteiger partial charge is 0.261 e. The van der Waals surface area contributed by atoms with Gasteiger partial charge in [-0.15, -0.1) is 0 Å². The van der Waals surface area contributed by atoms with Crippen LogP contribution in [0.4, 0.5) is 0 Å². The van der Waals surface area contributed by atoms with Gasteiger partial charge in [0.15, 0.2) is 0 Å². The molecule has 161 valence electrons. The van der Waals surface area contributed by atoms with Gasteiger partial charge in [-0.2, -0.15) is 0 Å². The fraction of sp³-hybridized carbons (Fsp3) is 0.281. The summed E-state index contributed by atoms with van der Waals surface area (Å²) in [6.07, 6.45) is 15.2. The van der Waals surface area contributed by atoms with Gasteiger partial charge in [-0.3, -0.25) is 4.99 Å². The predicted octanol–water partition coefficient (Wildman–Crippen LogP) is 5.29. The van der Waals surface area contributed by atoms with E-state index in [1.54, 1.807) is 11.1 Å². The van der Waals surface area contributed by atoms with Crippen LogP contribution in [0.2, 0.25) is 0 Å². The molecule has 1 nitrogen and oxygen atoms in total. The lowest BCUT2D eigenvalue weighted by Crippen LogP contribution is -2.35. The Bertz CT molecular complexity index is 1550. The Kier molecular flexibility index (Phi) is 4.50. The van der Waals surface area contributed by atoms with Gasteiger partial charge in [-0.1, -0.05) is 73.9 Å². The van der Waals surface area contributed by atoms with Gasteiger partial charge in [0.05, 0.1) is 0 Å². The van der Waals surface area contributed by atoms with E-state index in [0.717, 1.165) is 24.7 Å². The van der Waals surface area contributed by atoms with E-state index >= 15 is 0 Å². The van der Waals surface area contributed by atoms with Crippen molar-refractivity contribution >= 4 is 23.4 Å². The molecule has 0 N–H and O–H groups in total. The van der Waals surface area contributed by atoms with E-state index < -0.39 is 0 Å². The minimum absolute atomic E-state index is 0.753. The molecule has 33 heavy (non-hydrogen) atoms. The van der Waals surface area contributed by atoms with Crippen molar-refractivity contribution < 1.29 is 0 Å². The molecule has 0 saturated heterocycles. The van der Waals surface area contributed by atoms with E-state index in [-0.39, 0.29) is 0 Å². The average molecular weight is 427 g/mol. The van der Waals surface area contributed by atoms with E-state index in [2.05, 4.69) is 66.7 Å². The Morgan fingerprint density at radius 2 is 1.76 bits per heavy atom. The molecule has 1 fully saturated rings. The van der Waals surface area contributed by atoms with Crippen LogP contribution in [0.1, 0.15) is 47.9 Å². The van der Waals surface area contributed by atoms with E-state index in [4.69, 9.17) is 4.99 Å². The summed E-state index contributed by atoms with van der Waals surface area (Å²) >= 11 is 0. The molecule has 0 amide bonds. The molecule has 1 heterocycles. The van der Waals surface area contributed by atoms with Crippen molar-refractivity contribution in [2.45, 2.75) is 44.9 Å². The highest BCUT2D eigenvalue weighted by Crippen LogP contribution is 2.41. The van der Waals surface area contributed by atoms with Gasteiger partial charge in [0.1, 0.15) is 0 Å². The fourth-order valence-corrected chi connectivity index (χ4v) is 6.46. The molecular formula is C32H28N. The zero-order valence-electron chi connectivity index (χ0n) is 19.0. The smallest absolute Gasteiger partial charge is 0.0485 e. The van der Waals surface area contributed by atoms with E-state index in [9.17, 15) is 0 Å². The Hall–Kier alpha value is -3.19. The first kappa shape index (κ1) is 19.3. The van der Waals surface area contributed by atoms with Crippen molar-refractivity contribution in [3.63, 3.8) is 0 Å². The van der Waals surface area contributed by atoms with Crippen LogP contribution in [0.5, 0.6) is 0 Å². The summed E-state index contributed by atoms with van der Waals surface area (Å²) in [5.74, 6) is 1.64. The van der Waals surface area contributed by atoms with Crippen molar-refractivity contribution in [1.29, 1.82) is 0 Å². The van der Waals surface area contributed by atoms with Crippen molar-refractivity contribution in [3.05, 3.63) is 110 Å². The Morgan fingerprint density at radius 3 is 2.67 bits per heavy atom. The maximum atomic E-state index is 5.02. The molecule has 1 atom stereocenters. The molecule has 0 bridgehead atoms. The van der Waals surface area contributed by atoms with Gasteiger partial charge < -0.3 is 0 Å². The predicted molar refractivity (Wildman–Crippen MR) is 136 cm³/mol. The zero-order valence-corrected chi connectivity index (χ0v) is 19.0. The quantitative estimate of drug-likeness (QED) is 0.528. The van der Waals surface area contributed by atoms with Crippen molar-refractivity contribution in [1.82, 2.24) is 0 Å². The van der Waals surface area contributed by atoms with Gasteiger partial charge >= 0.3 is 0 Å². The zero-order chi connectivity index (χ0) is 21.8. The first-order chi connectivity index (χ1) is 16.3. The van der Waals surface area contributed by atoms with Gasteiger partial charge in [0, 0.05) is 18.3 Å². The maximum absolute atomic E-state index is 5.02. The number of nitrogens with zero attached hydrogens (tertiary/aromatic N) is 1. The number of fused-ring (bicyclic) bond motifs is 5. The van der Waals surface area contributed by atoms with Crippen LogP contribution in [0, 0.1) is 28.3 Å². The Labute approximate surface area is 195 Å². The summed E-state index contributed by atoms with van der Waals surface area (Å²) in [6, 6.07) is 23.3. The summed E-state index contributed by atoms with van der Waals surface area (Å²) in [4.78, 5) is 5.02. The molecule has 1 saturated carbocycles. The molecule has 1 radical (unpaired) electrons. The van der Waals surface area contributed by atoms with Gasteiger partial charge in [-0.05, 0) is 98.0 Å². The van der Waals surface area contributed by atoms with Crippen LogP contribution in [-0.2, 0) is 19.3 Å². The number of hydrogen-bond acceptors (Lipinski definition) is 1. The second-order valence-corrected chi connectivity index (χ2v) is 10.1. The summed E-state index contributed by atoms with van der Waals surface area (Å²) in [5.41, 5.74) is 8.55. The second-order valence-electron chi connectivity index (χ2n) is 10.1. The van der Waals surface area contributed by atoms with Crippen molar-refractivity contribution in [3.8, 4) is 0 Å². The Morgan fingerprint density at radius 1 is 0.848 bits per heavy atom. The fourth-order valence-electron chi connectivity index (χ4n) is 6.46. The van der Waals surface area contributed by atoms with E-state index in [1.165, 1.54) is 75.4 Å². The highest BCUT2D eigenvalue weighted by Gasteiger charge is 2.33. The molecule has 7 rings (SSSR count). The summed E-state index contributed by atoms with van der Waals surface area (Å²) < 4.78 is 0. The standard InChI is InChI=1S/C32H28N/c1-2-8-24-20-32(33-17-16-22(24)6-1)31-19-25(21-9-5-10-21)18-30-28-13-12-23-7-3-4-11-26(23)27(28)14-15-29(30)31/h2-4,6-8,11-12,14-17,21,25H,5,9-10,13,18-20H2. The molecule has 0 spiro atoms. The number of aliphatic imine (C=N–C) groups is 1.